The summed E-state index contributed by atoms with van der Waals surface area (Å²) < 4.78 is 67.7. The minimum atomic E-state index is -4.63. The van der Waals surface area contributed by atoms with Gasteiger partial charge in [-0.2, -0.15) is 26.7 Å². The van der Waals surface area contributed by atoms with Gasteiger partial charge in [-0.3, -0.25) is 4.79 Å². The second-order valence-electron chi connectivity index (χ2n) is 9.66. The number of nitrogens with one attached hydrogen (secondary N) is 1. The van der Waals surface area contributed by atoms with E-state index >= 15 is 0 Å². The maximum Gasteiger partial charge on any atom is 0.390 e. The molecule has 1 aromatic heterocycles. The molecule has 0 saturated heterocycles. The highest BCUT2D eigenvalue weighted by Gasteiger charge is 2.31. The second kappa shape index (κ2) is 13.2. The average molecular weight is 656 g/mol. The predicted octanol–water partition coefficient (Wildman–Crippen LogP) is 6.24. The molecule has 41 heavy (non-hydrogen) atoms. The number of nitrogens with two attached hydrogens (primary N) is 1. The van der Waals surface area contributed by atoms with E-state index < -0.39 is 28.5 Å². The number of aromatic nitrogens is 2. The van der Waals surface area contributed by atoms with Crippen LogP contribution >= 0.6 is 35.6 Å². The number of alkyl halides is 3. The van der Waals surface area contributed by atoms with Crippen molar-refractivity contribution < 1.29 is 30.6 Å². The molecule has 0 unspecified atom stereocenters. The Morgan fingerprint density at radius 3 is 2.46 bits per heavy atom. The van der Waals surface area contributed by atoms with Crippen LogP contribution in [0, 0.1) is 6.92 Å². The lowest BCUT2D eigenvalue weighted by Crippen LogP contribution is -2.42. The summed E-state index contributed by atoms with van der Waals surface area (Å²) in [5.74, 6) is -1.74. The summed E-state index contributed by atoms with van der Waals surface area (Å²) in [5.41, 5.74) is 8.21. The molecule has 1 heterocycles. The first kappa shape index (κ1) is 33.0. The molecule has 8 nitrogen and oxygen atoms in total. The Hall–Kier alpha value is -2.51. The maximum absolute atomic E-state index is 13.3. The molecule has 1 aliphatic carbocycles. The van der Waals surface area contributed by atoms with Crippen molar-refractivity contribution in [3.63, 3.8) is 0 Å². The number of carbonyl (C=O) groups excluding carboxylic acids is 1. The van der Waals surface area contributed by atoms with Gasteiger partial charge in [-0.25, -0.2) is 4.68 Å². The molecule has 2 aromatic carbocycles. The van der Waals surface area contributed by atoms with Crippen molar-refractivity contribution in [2.45, 2.75) is 57.3 Å². The van der Waals surface area contributed by atoms with Crippen molar-refractivity contribution in [1.29, 1.82) is 0 Å². The van der Waals surface area contributed by atoms with Gasteiger partial charge in [0.1, 0.15) is 5.75 Å². The summed E-state index contributed by atoms with van der Waals surface area (Å²) in [7, 11) is -4.47. The fraction of sp³-hybridized carbons (Fsp3) is 0.385. The molecule has 0 spiro atoms. The van der Waals surface area contributed by atoms with Crippen LogP contribution in [0.25, 0.3) is 16.9 Å². The lowest BCUT2D eigenvalue weighted by atomic mass is 9.91. The summed E-state index contributed by atoms with van der Waals surface area (Å²) in [6, 6.07) is 10.4. The van der Waals surface area contributed by atoms with Gasteiger partial charge in [0.2, 0.25) is 0 Å². The SMILES string of the molecule is Cc1c(C(=O)N[C@@H]2CCC[C@H](N)C2)nn(-c2ccc(Cl)cc2Cl)c1-c1ccc(OS(=O)(=O)CCC(F)(F)F)cc1.Cl. The van der Waals surface area contributed by atoms with E-state index in [1.807, 2.05) is 0 Å². The number of amides is 1. The van der Waals surface area contributed by atoms with E-state index in [9.17, 15) is 26.4 Å². The van der Waals surface area contributed by atoms with Gasteiger partial charge in [0, 0.05) is 28.2 Å². The highest BCUT2D eigenvalue weighted by atomic mass is 35.5. The molecular formula is C26H28Cl3F3N4O4S. The zero-order valence-electron chi connectivity index (χ0n) is 21.7. The van der Waals surface area contributed by atoms with E-state index in [-0.39, 0.29) is 46.9 Å². The third kappa shape index (κ3) is 8.51. The summed E-state index contributed by atoms with van der Waals surface area (Å²) in [4.78, 5) is 13.3. The molecule has 15 heteroatoms. The van der Waals surface area contributed by atoms with E-state index in [0.717, 1.165) is 19.3 Å². The summed E-state index contributed by atoms with van der Waals surface area (Å²) in [6.45, 7) is 1.72. The topological polar surface area (TPSA) is 116 Å². The molecule has 0 radical (unpaired) electrons. The Morgan fingerprint density at radius 2 is 1.85 bits per heavy atom. The van der Waals surface area contributed by atoms with E-state index in [1.165, 1.54) is 35.0 Å². The molecule has 224 valence electrons. The minimum Gasteiger partial charge on any atom is -0.382 e. The van der Waals surface area contributed by atoms with Crippen LogP contribution in [-0.2, 0) is 10.1 Å². The third-order valence-electron chi connectivity index (χ3n) is 6.51. The molecule has 4 rings (SSSR count). The highest BCUT2D eigenvalue weighted by molar-refractivity contribution is 7.87. The van der Waals surface area contributed by atoms with Gasteiger partial charge in [0.05, 0.1) is 28.6 Å². The number of halogens is 6. The summed E-state index contributed by atoms with van der Waals surface area (Å²) in [6.07, 6.45) is -2.87. The zero-order chi connectivity index (χ0) is 29.2. The van der Waals surface area contributed by atoms with Gasteiger partial charge in [-0.1, -0.05) is 23.2 Å². The monoisotopic (exact) mass is 654 g/mol. The Kier molecular flexibility index (Phi) is 10.6. The molecular weight excluding hydrogens is 628 g/mol. The number of carbonyl (C=O) groups is 1. The first-order valence-corrected chi connectivity index (χ1v) is 14.8. The summed E-state index contributed by atoms with van der Waals surface area (Å²) >= 11 is 12.5. The number of rotatable bonds is 8. The largest absolute Gasteiger partial charge is 0.390 e. The first-order chi connectivity index (χ1) is 18.7. The van der Waals surface area contributed by atoms with E-state index in [1.54, 1.807) is 19.1 Å². The van der Waals surface area contributed by atoms with Crippen LogP contribution in [-0.4, -0.2) is 48.1 Å². The van der Waals surface area contributed by atoms with Gasteiger partial charge in [-0.05, 0) is 75.1 Å². The van der Waals surface area contributed by atoms with Crippen molar-refractivity contribution in [2.24, 2.45) is 5.73 Å². The average Bonchev–Trinajstić information content (AvgIpc) is 3.19. The highest BCUT2D eigenvalue weighted by Crippen LogP contribution is 2.34. The van der Waals surface area contributed by atoms with E-state index in [2.05, 4.69) is 10.4 Å². The maximum atomic E-state index is 13.3. The molecule has 1 aliphatic rings. The van der Waals surface area contributed by atoms with E-state index in [0.29, 0.717) is 34.0 Å². The quantitative estimate of drug-likeness (QED) is 0.278. The van der Waals surface area contributed by atoms with Crippen molar-refractivity contribution in [3.8, 4) is 22.7 Å². The van der Waals surface area contributed by atoms with Crippen LogP contribution < -0.4 is 15.2 Å². The number of hydrogen-bond donors (Lipinski definition) is 2. The molecule has 1 fully saturated rings. The normalized spacial score (nSPS) is 17.5. The van der Waals surface area contributed by atoms with Gasteiger partial charge in [-0.15, -0.1) is 12.4 Å². The zero-order valence-corrected chi connectivity index (χ0v) is 24.9. The van der Waals surface area contributed by atoms with E-state index in [4.69, 9.17) is 33.1 Å². The van der Waals surface area contributed by atoms with Crippen LogP contribution in [0.4, 0.5) is 13.2 Å². The van der Waals surface area contributed by atoms with Gasteiger partial charge in [0.15, 0.2) is 5.69 Å². The minimum absolute atomic E-state index is 0. The van der Waals surface area contributed by atoms with Gasteiger partial charge in [0.25, 0.3) is 5.91 Å². The molecule has 2 atom stereocenters. The fourth-order valence-corrected chi connectivity index (χ4v) is 6.05. The second-order valence-corrected chi connectivity index (χ2v) is 12.2. The van der Waals surface area contributed by atoms with Crippen molar-refractivity contribution >= 4 is 51.6 Å². The van der Waals surface area contributed by atoms with Crippen LogP contribution in [0.2, 0.25) is 10.0 Å². The van der Waals surface area contributed by atoms with Gasteiger partial charge >= 0.3 is 16.3 Å². The molecule has 3 N–H and O–H groups in total. The fourth-order valence-electron chi connectivity index (χ4n) is 4.59. The van der Waals surface area contributed by atoms with Crippen LogP contribution in [0.15, 0.2) is 42.5 Å². The third-order valence-corrected chi connectivity index (χ3v) is 8.20. The van der Waals surface area contributed by atoms with Crippen LogP contribution in [0.1, 0.15) is 48.2 Å². The summed E-state index contributed by atoms with van der Waals surface area (Å²) in [5, 5.41) is 8.27. The molecule has 0 aliphatic heterocycles. The van der Waals surface area contributed by atoms with Crippen LogP contribution in [0.3, 0.4) is 0 Å². The Labute approximate surface area is 251 Å². The predicted molar refractivity (Wildman–Crippen MR) is 154 cm³/mol. The Bertz CT molecular complexity index is 1500. The van der Waals surface area contributed by atoms with Crippen LogP contribution in [0.5, 0.6) is 5.75 Å². The van der Waals surface area contributed by atoms with Gasteiger partial charge < -0.3 is 15.2 Å². The van der Waals surface area contributed by atoms with Crippen molar-refractivity contribution in [2.75, 3.05) is 5.75 Å². The van der Waals surface area contributed by atoms with Crippen molar-refractivity contribution in [3.05, 3.63) is 63.8 Å². The van der Waals surface area contributed by atoms with Crippen molar-refractivity contribution in [1.82, 2.24) is 15.1 Å². The Morgan fingerprint density at radius 1 is 1.17 bits per heavy atom. The number of benzene rings is 2. The lowest BCUT2D eigenvalue weighted by molar-refractivity contribution is -0.130. The number of hydrogen-bond acceptors (Lipinski definition) is 6. The number of nitrogens with zero attached hydrogens (tertiary/aromatic N) is 2. The standard InChI is InChI=1S/C26H27Cl2F3N4O4S.ClH/c1-15-23(25(36)33-19-4-2-3-18(32)14-19)34-35(22-10-7-17(27)13-21(22)28)24(15)16-5-8-20(9-6-16)39-40(37,38)12-11-26(29,30)31;/h5-10,13,18-19H,2-4,11-12,14,32H2,1H3,(H,33,36);1H/t18-,19+;/m0./s1. The molecule has 3 aromatic rings. The molecule has 1 amide bonds. The lowest BCUT2D eigenvalue weighted by Gasteiger charge is -2.27. The Balaban J connectivity index is 0.00000462. The molecule has 1 saturated carbocycles. The first-order valence-electron chi connectivity index (χ1n) is 12.4. The smallest absolute Gasteiger partial charge is 0.382 e. The molecule has 0 bridgehead atoms.